The normalized spacial score (nSPS) is 10.6. The van der Waals surface area contributed by atoms with Crippen molar-refractivity contribution in [2.24, 2.45) is 0 Å². The number of carbonyl (C=O) groups is 2. The number of likely N-dealkylation sites (N-methyl/N-ethyl adjacent to an activating group) is 1. The summed E-state index contributed by atoms with van der Waals surface area (Å²) in [5.41, 5.74) is 1.19. The van der Waals surface area contributed by atoms with Crippen LogP contribution in [0.3, 0.4) is 0 Å². The fourth-order valence-electron chi connectivity index (χ4n) is 2.05. The molecule has 2 amide bonds. The fourth-order valence-corrected chi connectivity index (χ4v) is 2.41. The molecule has 0 radical (unpaired) electrons. The van der Waals surface area contributed by atoms with Crippen LogP contribution in [-0.4, -0.2) is 25.0 Å². The highest BCUT2D eigenvalue weighted by Gasteiger charge is 2.04. The largest absolute Gasteiger partial charge is 0.484 e. The second kappa shape index (κ2) is 9.85. The summed E-state index contributed by atoms with van der Waals surface area (Å²) in [5, 5.41) is 6.39. The Balaban J connectivity index is 1.96. The highest BCUT2D eigenvalue weighted by molar-refractivity contribution is 6.34. The van der Waals surface area contributed by atoms with Crippen molar-refractivity contribution in [1.82, 2.24) is 5.32 Å². The number of carbonyl (C=O) groups excluding carboxylic acids is 2. The van der Waals surface area contributed by atoms with Crippen molar-refractivity contribution < 1.29 is 14.3 Å². The van der Waals surface area contributed by atoms with Gasteiger partial charge in [-0.2, -0.15) is 0 Å². The van der Waals surface area contributed by atoms with Gasteiger partial charge in [0.2, 0.25) is 5.91 Å². The minimum Gasteiger partial charge on any atom is -0.484 e. The number of ether oxygens (including phenoxy) is 1. The molecule has 0 bridgehead atoms. The van der Waals surface area contributed by atoms with Crippen LogP contribution in [0.5, 0.6) is 5.75 Å². The third-order valence-electron chi connectivity index (χ3n) is 3.22. The van der Waals surface area contributed by atoms with Gasteiger partial charge in [0.1, 0.15) is 5.75 Å². The molecule has 26 heavy (non-hydrogen) atoms. The van der Waals surface area contributed by atoms with Crippen LogP contribution < -0.4 is 15.4 Å². The van der Waals surface area contributed by atoms with Gasteiger partial charge in [0.05, 0.1) is 0 Å². The Labute approximate surface area is 161 Å². The minimum absolute atomic E-state index is 0.0849. The van der Waals surface area contributed by atoms with Crippen molar-refractivity contribution in [2.45, 2.75) is 6.92 Å². The second-order valence-corrected chi connectivity index (χ2v) is 6.10. The molecule has 0 heterocycles. The van der Waals surface area contributed by atoms with Crippen molar-refractivity contribution in [2.75, 3.05) is 18.5 Å². The van der Waals surface area contributed by atoms with E-state index < -0.39 is 0 Å². The highest BCUT2D eigenvalue weighted by atomic mass is 35.5. The number of rotatable bonds is 7. The Kier molecular flexibility index (Phi) is 7.51. The maximum absolute atomic E-state index is 12.1. The Hall–Kier alpha value is -2.50. The average molecular weight is 393 g/mol. The molecule has 0 aliphatic carbocycles. The molecular weight excluding hydrogens is 375 g/mol. The first-order valence-corrected chi connectivity index (χ1v) is 8.67. The first-order chi connectivity index (χ1) is 12.5. The summed E-state index contributed by atoms with van der Waals surface area (Å²) in [6.45, 7) is 2.29. The molecule has 0 unspecified atom stereocenters. The lowest BCUT2D eigenvalue weighted by atomic mass is 10.2. The molecule has 0 atom stereocenters. The SMILES string of the molecule is CCNC(=O)COc1cccc(NC(=O)/C=C/c2cc(Cl)ccc2Cl)c1. The number of anilines is 1. The number of hydrogen-bond donors (Lipinski definition) is 2. The van der Waals surface area contributed by atoms with Crippen LogP contribution >= 0.6 is 23.2 Å². The van der Waals surface area contributed by atoms with Gasteiger partial charge in [0.25, 0.3) is 5.91 Å². The average Bonchev–Trinajstić information content (AvgIpc) is 2.61. The maximum atomic E-state index is 12.1. The van der Waals surface area contributed by atoms with E-state index in [0.717, 1.165) is 0 Å². The molecular formula is C19H18Cl2N2O3. The summed E-state index contributed by atoms with van der Waals surface area (Å²) in [4.78, 5) is 23.5. The Morgan fingerprint density at radius 3 is 2.73 bits per heavy atom. The molecule has 2 aromatic carbocycles. The first-order valence-electron chi connectivity index (χ1n) is 7.91. The molecule has 5 nitrogen and oxygen atoms in total. The van der Waals surface area contributed by atoms with Crippen LogP contribution in [0.2, 0.25) is 10.0 Å². The summed E-state index contributed by atoms with van der Waals surface area (Å²) in [6, 6.07) is 11.8. The number of benzene rings is 2. The van der Waals surface area contributed by atoms with E-state index in [2.05, 4.69) is 10.6 Å². The van der Waals surface area contributed by atoms with Crippen molar-refractivity contribution in [3.05, 3.63) is 64.1 Å². The van der Waals surface area contributed by atoms with Gasteiger partial charge >= 0.3 is 0 Å². The van der Waals surface area contributed by atoms with E-state index in [1.54, 1.807) is 48.5 Å². The van der Waals surface area contributed by atoms with E-state index in [0.29, 0.717) is 33.6 Å². The summed E-state index contributed by atoms with van der Waals surface area (Å²) < 4.78 is 5.39. The molecule has 2 rings (SSSR count). The van der Waals surface area contributed by atoms with Crippen LogP contribution in [0.4, 0.5) is 5.69 Å². The third kappa shape index (κ3) is 6.43. The lowest BCUT2D eigenvalue weighted by molar-refractivity contribution is -0.123. The molecule has 0 aliphatic heterocycles. The van der Waals surface area contributed by atoms with E-state index >= 15 is 0 Å². The molecule has 136 valence electrons. The van der Waals surface area contributed by atoms with Crippen LogP contribution in [0.1, 0.15) is 12.5 Å². The molecule has 0 spiro atoms. The highest BCUT2D eigenvalue weighted by Crippen LogP contribution is 2.22. The third-order valence-corrected chi connectivity index (χ3v) is 3.80. The van der Waals surface area contributed by atoms with Gasteiger partial charge in [0, 0.05) is 34.4 Å². The minimum atomic E-state index is -0.332. The van der Waals surface area contributed by atoms with Gasteiger partial charge < -0.3 is 15.4 Å². The second-order valence-electron chi connectivity index (χ2n) is 5.26. The zero-order valence-corrected chi connectivity index (χ0v) is 15.6. The van der Waals surface area contributed by atoms with Gasteiger partial charge in [0.15, 0.2) is 6.61 Å². The number of halogens is 2. The lowest BCUT2D eigenvalue weighted by Crippen LogP contribution is -2.28. The maximum Gasteiger partial charge on any atom is 0.257 e. The smallest absolute Gasteiger partial charge is 0.257 e. The standard InChI is InChI=1S/C19H18Cl2N2O3/c1-2-22-19(25)12-26-16-5-3-4-15(11-16)23-18(24)9-6-13-10-14(20)7-8-17(13)21/h3-11H,2,12H2,1H3,(H,22,25)(H,23,24)/b9-6+. The summed E-state index contributed by atoms with van der Waals surface area (Å²) in [7, 11) is 0. The fraction of sp³-hybridized carbons (Fsp3) is 0.158. The van der Waals surface area contributed by atoms with Crippen LogP contribution in [-0.2, 0) is 9.59 Å². The van der Waals surface area contributed by atoms with E-state index in [1.807, 2.05) is 6.92 Å². The zero-order chi connectivity index (χ0) is 18.9. The van der Waals surface area contributed by atoms with Gasteiger partial charge in [-0.05, 0) is 48.9 Å². The predicted molar refractivity (Wildman–Crippen MR) is 105 cm³/mol. The van der Waals surface area contributed by atoms with E-state index in [4.69, 9.17) is 27.9 Å². The molecule has 2 N–H and O–H groups in total. The van der Waals surface area contributed by atoms with Crippen molar-refractivity contribution in [3.63, 3.8) is 0 Å². The van der Waals surface area contributed by atoms with Crippen LogP contribution in [0, 0.1) is 0 Å². The summed E-state index contributed by atoms with van der Waals surface area (Å²) in [5.74, 6) is -0.0545. The Bertz CT molecular complexity index is 822. The van der Waals surface area contributed by atoms with Crippen molar-refractivity contribution in [1.29, 1.82) is 0 Å². The van der Waals surface area contributed by atoms with Crippen molar-refractivity contribution in [3.8, 4) is 5.75 Å². The van der Waals surface area contributed by atoms with E-state index in [9.17, 15) is 9.59 Å². The number of amides is 2. The Morgan fingerprint density at radius 1 is 1.15 bits per heavy atom. The first kappa shape index (κ1) is 19.8. The zero-order valence-electron chi connectivity index (χ0n) is 14.1. The molecule has 0 saturated carbocycles. The molecule has 2 aromatic rings. The van der Waals surface area contributed by atoms with Gasteiger partial charge in [-0.25, -0.2) is 0 Å². The monoisotopic (exact) mass is 392 g/mol. The van der Waals surface area contributed by atoms with Gasteiger partial charge in [-0.1, -0.05) is 29.3 Å². The summed E-state index contributed by atoms with van der Waals surface area (Å²) in [6.07, 6.45) is 2.94. The molecule has 0 aromatic heterocycles. The number of nitrogens with one attached hydrogen (secondary N) is 2. The number of hydrogen-bond acceptors (Lipinski definition) is 3. The molecule has 0 fully saturated rings. The van der Waals surface area contributed by atoms with Crippen LogP contribution in [0.15, 0.2) is 48.5 Å². The topological polar surface area (TPSA) is 67.4 Å². The lowest BCUT2D eigenvalue weighted by Gasteiger charge is -2.08. The van der Waals surface area contributed by atoms with Gasteiger partial charge in [-0.15, -0.1) is 0 Å². The van der Waals surface area contributed by atoms with Gasteiger partial charge in [-0.3, -0.25) is 9.59 Å². The summed E-state index contributed by atoms with van der Waals surface area (Å²) >= 11 is 12.0. The molecule has 0 aliphatic rings. The predicted octanol–water partition coefficient (Wildman–Crippen LogP) is 4.16. The Morgan fingerprint density at radius 2 is 1.96 bits per heavy atom. The molecule has 0 saturated heterocycles. The van der Waals surface area contributed by atoms with E-state index in [1.165, 1.54) is 6.08 Å². The quantitative estimate of drug-likeness (QED) is 0.695. The van der Waals surface area contributed by atoms with Crippen LogP contribution in [0.25, 0.3) is 6.08 Å². The molecule has 7 heteroatoms. The van der Waals surface area contributed by atoms with E-state index in [-0.39, 0.29) is 18.4 Å². The van der Waals surface area contributed by atoms with Crippen molar-refractivity contribution >= 4 is 46.8 Å².